The van der Waals surface area contributed by atoms with Crippen molar-refractivity contribution in [3.8, 4) is 0 Å². The van der Waals surface area contributed by atoms with Crippen molar-refractivity contribution in [2.45, 2.75) is 52.5 Å². The number of nitrogens with zero attached hydrogens (tertiary/aromatic N) is 4. The number of piperidine rings is 1. The minimum atomic E-state index is -0.0202. The summed E-state index contributed by atoms with van der Waals surface area (Å²) in [4.78, 5) is 23.2. The van der Waals surface area contributed by atoms with Gasteiger partial charge in [-0.05, 0) is 88.5 Å². The second-order valence-corrected chi connectivity index (χ2v) is 8.38. The van der Waals surface area contributed by atoms with Gasteiger partial charge in [-0.2, -0.15) is 0 Å². The van der Waals surface area contributed by atoms with E-state index in [2.05, 4.69) is 44.9 Å². The molecule has 1 N–H and O–H groups in total. The highest BCUT2D eigenvalue weighted by atomic mass is 16.1. The summed E-state index contributed by atoms with van der Waals surface area (Å²) in [6.07, 6.45) is 3.43. The lowest BCUT2D eigenvalue weighted by atomic mass is 9.89. The van der Waals surface area contributed by atoms with Gasteiger partial charge in [-0.1, -0.05) is 12.1 Å². The molecular weight excluding hydrogens is 374 g/mol. The first-order chi connectivity index (χ1) is 14.5. The van der Waals surface area contributed by atoms with Crippen LogP contribution >= 0.6 is 0 Å². The van der Waals surface area contributed by atoms with Gasteiger partial charge in [0, 0.05) is 24.8 Å². The largest absolute Gasteiger partial charge is 0.326 e. The van der Waals surface area contributed by atoms with Gasteiger partial charge in [0.25, 0.3) is 0 Å². The summed E-state index contributed by atoms with van der Waals surface area (Å²) in [5.41, 5.74) is 5.26. The Bertz CT molecular complexity index is 1030. The third kappa shape index (κ3) is 4.70. The van der Waals surface area contributed by atoms with Crippen LogP contribution in [0.4, 0.5) is 5.69 Å². The first-order valence-corrected chi connectivity index (χ1v) is 10.9. The monoisotopic (exact) mass is 405 g/mol. The fourth-order valence-corrected chi connectivity index (χ4v) is 4.49. The van der Waals surface area contributed by atoms with Crippen LogP contribution in [-0.4, -0.2) is 45.0 Å². The molecule has 0 saturated carbocycles. The molecule has 0 unspecified atom stereocenters. The van der Waals surface area contributed by atoms with Crippen LogP contribution in [0.15, 0.2) is 36.4 Å². The Kier molecular flexibility index (Phi) is 6.13. The number of imidazole rings is 1. The summed E-state index contributed by atoms with van der Waals surface area (Å²) in [5, 5.41) is 2.89. The van der Waals surface area contributed by atoms with Gasteiger partial charge in [-0.3, -0.25) is 4.79 Å². The highest BCUT2D eigenvalue weighted by Crippen LogP contribution is 2.29. The lowest BCUT2D eigenvalue weighted by Crippen LogP contribution is -2.34. The van der Waals surface area contributed by atoms with Crippen LogP contribution in [0.5, 0.6) is 0 Å². The standard InChI is InChI=1S/C24H31N5O/c1-17-8-9-23-24(25-17)29(18(2)26-23)13-5-12-28-14-10-20(11-15-28)21-6-4-7-22(16-21)27-19(3)30/h4,6-9,16,20H,5,10-15H2,1-3H3,(H,27,30). The van der Waals surface area contributed by atoms with Crippen molar-refractivity contribution in [1.82, 2.24) is 19.4 Å². The van der Waals surface area contributed by atoms with Crippen molar-refractivity contribution >= 4 is 22.8 Å². The second kappa shape index (κ2) is 8.96. The molecule has 6 nitrogen and oxygen atoms in total. The Labute approximate surface area is 178 Å². The normalized spacial score (nSPS) is 15.6. The predicted octanol–water partition coefficient (Wildman–Crippen LogP) is 4.28. The number of hydrogen-bond donors (Lipinski definition) is 1. The summed E-state index contributed by atoms with van der Waals surface area (Å²) < 4.78 is 2.25. The van der Waals surface area contributed by atoms with Crippen molar-refractivity contribution in [2.75, 3.05) is 25.0 Å². The number of carbonyl (C=O) groups is 1. The van der Waals surface area contributed by atoms with Crippen molar-refractivity contribution in [3.05, 3.63) is 53.5 Å². The van der Waals surface area contributed by atoms with E-state index in [0.29, 0.717) is 5.92 Å². The number of pyridine rings is 1. The van der Waals surface area contributed by atoms with E-state index in [-0.39, 0.29) is 5.91 Å². The molecule has 1 aliphatic heterocycles. The van der Waals surface area contributed by atoms with Crippen LogP contribution in [-0.2, 0) is 11.3 Å². The zero-order valence-corrected chi connectivity index (χ0v) is 18.2. The molecule has 6 heteroatoms. The van der Waals surface area contributed by atoms with E-state index in [1.54, 1.807) is 6.92 Å². The van der Waals surface area contributed by atoms with Gasteiger partial charge in [0.1, 0.15) is 11.3 Å². The van der Waals surface area contributed by atoms with Gasteiger partial charge in [-0.15, -0.1) is 0 Å². The minimum Gasteiger partial charge on any atom is -0.326 e. The van der Waals surface area contributed by atoms with Crippen molar-refractivity contribution in [3.63, 3.8) is 0 Å². The second-order valence-electron chi connectivity index (χ2n) is 8.38. The molecular formula is C24H31N5O. The number of amides is 1. The lowest BCUT2D eigenvalue weighted by Gasteiger charge is -2.32. The molecule has 1 aliphatic rings. The molecule has 0 spiro atoms. The Morgan fingerprint density at radius 1 is 1.10 bits per heavy atom. The van der Waals surface area contributed by atoms with E-state index in [4.69, 9.17) is 4.98 Å². The number of aromatic nitrogens is 3. The molecule has 1 saturated heterocycles. The average Bonchev–Trinajstić information content (AvgIpc) is 3.03. The Morgan fingerprint density at radius 3 is 2.67 bits per heavy atom. The van der Waals surface area contributed by atoms with Crippen LogP contribution in [0.1, 0.15) is 49.2 Å². The highest BCUT2D eigenvalue weighted by Gasteiger charge is 2.21. The van der Waals surface area contributed by atoms with Gasteiger partial charge in [0.05, 0.1) is 0 Å². The Hall–Kier alpha value is -2.73. The first-order valence-electron chi connectivity index (χ1n) is 10.9. The van der Waals surface area contributed by atoms with E-state index >= 15 is 0 Å². The number of rotatable bonds is 6. The number of likely N-dealkylation sites (tertiary alicyclic amines) is 1. The van der Waals surface area contributed by atoms with Crippen LogP contribution in [0.3, 0.4) is 0 Å². The van der Waals surface area contributed by atoms with E-state index in [1.807, 2.05) is 25.1 Å². The molecule has 30 heavy (non-hydrogen) atoms. The van der Waals surface area contributed by atoms with Crippen molar-refractivity contribution in [2.24, 2.45) is 0 Å². The number of benzene rings is 1. The van der Waals surface area contributed by atoms with E-state index in [1.165, 1.54) is 5.56 Å². The van der Waals surface area contributed by atoms with Crippen LogP contribution < -0.4 is 5.32 Å². The fraction of sp³-hybridized carbons (Fsp3) is 0.458. The highest BCUT2D eigenvalue weighted by molar-refractivity contribution is 5.88. The maximum absolute atomic E-state index is 11.3. The van der Waals surface area contributed by atoms with Crippen molar-refractivity contribution in [1.29, 1.82) is 0 Å². The predicted molar refractivity (Wildman–Crippen MR) is 121 cm³/mol. The van der Waals surface area contributed by atoms with Crippen LogP contribution in [0.2, 0.25) is 0 Å². The van der Waals surface area contributed by atoms with Gasteiger partial charge < -0.3 is 14.8 Å². The zero-order valence-electron chi connectivity index (χ0n) is 18.2. The molecule has 4 rings (SSSR count). The molecule has 3 heterocycles. The average molecular weight is 406 g/mol. The number of anilines is 1. The molecule has 0 atom stereocenters. The SMILES string of the molecule is CC(=O)Nc1cccc(C2CCN(CCCn3c(C)nc4ccc(C)nc43)CC2)c1. The fourth-order valence-electron chi connectivity index (χ4n) is 4.49. The molecule has 1 amide bonds. The molecule has 0 aliphatic carbocycles. The van der Waals surface area contributed by atoms with Gasteiger partial charge in [-0.25, -0.2) is 9.97 Å². The molecule has 0 bridgehead atoms. The van der Waals surface area contributed by atoms with Crippen LogP contribution in [0.25, 0.3) is 11.2 Å². The van der Waals surface area contributed by atoms with E-state index in [9.17, 15) is 4.79 Å². The Morgan fingerprint density at radius 2 is 1.90 bits per heavy atom. The number of hydrogen-bond acceptors (Lipinski definition) is 4. The third-order valence-electron chi connectivity index (χ3n) is 6.04. The molecule has 1 fully saturated rings. The smallest absolute Gasteiger partial charge is 0.221 e. The number of aryl methyl sites for hydroxylation is 3. The number of carbonyl (C=O) groups excluding carboxylic acids is 1. The summed E-state index contributed by atoms with van der Waals surface area (Å²) in [7, 11) is 0. The maximum atomic E-state index is 11.3. The van der Waals surface area contributed by atoms with Gasteiger partial charge in [0.2, 0.25) is 5.91 Å². The summed E-state index contributed by atoms with van der Waals surface area (Å²) in [5.74, 6) is 1.59. The molecule has 3 aromatic rings. The van der Waals surface area contributed by atoms with Gasteiger partial charge in [0.15, 0.2) is 5.65 Å². The van der Waals surface area contributed by atoms with Crippen LogP contribution in [0, 0.1) is 13.8 Å². The topological polar surface area (TPSA) is 63.1 Å². The lowest BCUT2D eigenvalue weighted by molar-refractivity contribution is -0.114. The van der Waals surface area contributed by atoms with E-state index < -0.39 is 0 Å². The third-order valence-corrected chi connectivity index (χ3v) is 6.04. The maximum Gasteiger partial charge on any atom is 0.221 e. The Balaban J connectivity index is 1.29. The molecule has 2 aromatic heterocycles. The number of fused-ring (bicyclic) bond motifs is 1. The summed E-state index contributed by atoms with van der Waals surface area (Å²) in [6.45, 7) is 9.95. The van der Waals surface area contributed by atoms with Gasteiger partial charge >= 0.3 is 0 Å². The summed E-state index contributed by atoms with van der Waals surface area (Å²) in [6, 6.07) is 12.4. The summed E-state index contributed by atoms with van der Waals surface area (Å²) >= 11 is 0. The van der Waals surface area contributed by atoms with E-state index in [0.717, 1.165) is 73.8 Å². The molecule has 158 valence electrons. The quantitative estimate of drug-likeness (QED) is 0.665. The first kappa shape index (κ1) is 20.5. The minimum absolute atomic E-state index is 0.0202. The number of nitrogens with one attached hydrogen (secondary N) is 1. The molecule has 1 aromatic carbocycles. The zero-order chi connectivity index (χ0) is 21.1. The van der Waals surface area contributed by atoms with Crippen molar-refractivity contribution < 1.29 is 4.79 Å². The molecule has 0 radical (unpaired) electrons.